The number of thiophene rings is 1. The molecule has 0 saturated carbocycles. The molecule has 2 aliphatic rings. The fraction of sp³-hybridized carbons (Fsp3) is 0.611. The largest absolute Gasteiger partial charge is 0.358 e. The van der Waals surface area contributed by atoms with Crippen LogP contribution in [0.2, 0.25) is 0 Å². The Morgan fingerprint density at radius 2 is 1.92 bits per heavy atom. The van der Waals surface area contributed by atoms with Crippen molar-refractivity contribution in [1.29, 1.82) is 0 Å². The van der Waals surface area contributed by atoms with Gasteiger partial charge in [0.1, 0.15) is 0 Å². The minimum atomic E-state index is -0.113. The van der Waals surface area contributed by atoms with Gasteiger partial charge in [-0.3, -0.25) is 19.3 Å². The molecule has 3 amide bonds. The zero-order valence-electron chi connectivity index (χ0n) is 15.1. The highest BCUT2D eigenvalue weighted by Gasteiger charge is 2.33. The topological polar surface area (TPSA) is 73.0 Å². The van der Waals surface area contributed by atoms with Gasteiger partial charge in [-0.15, -0.1) is 11.3 Å². The van der Waals surface area contributed by atoms with Gasteiger partial charge < -0.3 is 15.1 Å². The van der Waals surface area contributed by atoms with E-state index in [0.717, 1.165) is 24.3 Å². The summed E-state index contributed by atoms with van der Waals surface area (Å²) in [5, 5.41) is 4.53. The lowest BCUT2D eigenvalue weighted by Gasteiger charge is -2.38. The van der Waals surface area contributed by atoms with E-state index in [1.54, 1.807) is 7.05 Å². The third-order valence-corrected chi connectivity index (χ3v) is 5.98. The van der Waals surface area contributed by atoms with Crippen LogP contribution in [0.25, 0.3) is 0 Å². The third-order valence-electron chi connectivity index (χ3n) is 5.12. The monoisotopic (exact) mass is 378 g/mol. The van der Waals surface area contributed by atoms with Gasteiger partial charge in [-0.05, 0) is 24.3 Å². The van der Waals surface area contributed by atoms with E-state index < -0.39 is 0 Å². The Kier molecular flexibility index (Phi) is 6.26. The molecule has 0 aliphatic carbocycles. The summed E-state index contributed by atoms with van der Waals surface area (Å²) in [6.45, 7) is 4.32. The molecular weight excluding hydrogens is 352 g/mol. The van der Waals surface area contributed by atoms with E-state index in [1.807, 2.05) is 27.3 Å². The summed E-state index contributed by atoms with van der Waals surface area (Å²) in [7, 11) is 1.63. The molecule has 1 N–H and O–H groups in total. The Morgan fingerprint density at radius 3 is 2.58 bits per heavy atom. The molecule has 3 rings (SSSR count). The summed E-state index contributed by atoms with van der Waals surface area (Å²) in [5.74, 6) is 0.0686. The molecule has 1 unspecified atom stereocenters. The van der Waals surface area contributed by atoms with Crippen molar-refractivity contribution in [2.45, 2.75) is 12.8 Å². The van der Waals surface area contributed by atoms with Gasteiger partial charge in [0.15, 0.2) is 0 Å². The average molecular weight is 378 g/mol. The summed E-state index contributed by atoms with van der Waals surface area (Å²) in [5.41, 5.74) is 0. The third kappa shape index (κ3) is 4.42. The summed E-state index contributed by atoms with van der Waals surface area (Å²) in [4.78, 5) is 43.4. The van der Waals surface area contributed by atoms with Crippen LogP contribution in [0.1, 0.15) is 22.5 Å². The molecule has 0 radical (unpaired) electrons. The zero-order chi connectivity index (χ0) is 18.5. The maximum absolute atomic E-state index is 12.9. The molecule has 1 atom stereocenters. The van der Waals surface area contributed by atoms with E-state index in [1.165, 1.54) is 11.3 Å². The van der Waals surface area contributed by atoms with E-state index in [9.17, 15) is 14.4 Å². The van der Waals surface area contributed by atoms with Crippen molar-refractivity contribution < 1.29 is 14.4 Å². The smallest absolute Gasteiger partial charge is 0.263 e. The Hall–Kier alpha value is -1.93. The molecule has 8 heteroatoms. The lowest BCUT2D eigenvalue weighted by Crippen LogP contribution is -2.54. The highest BCUT2D eigenvalue weighted by molar-refractivity contribution is 7.12. The predicted octanol–water partition coefficient (Wildman–Crippen LogP) is 0.491. The van der Waals surface area contributed by atoms with Gasteiger partial charge in [0.2, 0.25) is 11.8 Å². The van der Waals surface area contributed by atoms with E-state index in [-0.39, 0.29) is 23.6 Å². The predicted molar refractivity (Wildman–Crippen MR) is 100 cm³/mol. The molecule has 1 aromatic rings. The first kappa shape index (κ1) is 18.8. The zero-order valence-corrected chi connectivity index (χ0v) is 16.0. The van der Waals surface area contributed by atoms with Crippen LogP contribution < -0.4 is 5.32 Å². The number of amides is 3. The second-order valence-corrected chi connectivity index (χ2v) is 7.79. The highest BCUT2D eigenvalue weighted by atomic mass is 32.1. The maximum atomic E-state index is 12.9. The number of piperidine rings is 1. The number of nitrogens with zero attached hydrogens (tertiary/aromatic N) is 3. The number of rotatable bonds is 4. The van der Waals surface area contributed by atoms with Crippen LogP contribution >= 0.6 is 11.3 Å². The first-order chi connectivity index (χ1) is 12.6. The first-order valence-corrected chi connectivity index (χ1v) is 10.0. The summed E-state index contributed by atoms with van der Waals surface area (Å²) in [6, 6.07) is 3.72. The van der Waals surface area contributed by atoms with Crippen LogP contribution in [0.3, 0.4) is 0 Å². The SMILES string of the molecule is CNC(=O)CN1CCN(C(=O)C2CCCN(C(=O)c3cccs3)C2)CC1. The van der Waals surface area contributed by atoms with E-state index in [2.05, 4.69) is 10.2 Å². The fourth-order valence-corrected chi connectivity index (χ4v) is 4.28. The number of likely N-dealkylation sites (tertiary alicyclic amines) is 1. The maximum Gasteiger partial charge on any atom is 0.263 e. The van der Waals surface area contributed by atoms with Gasteiger partial charge in [-0.2, -0.15) is 0 Å². The van der Waals surface area contributed by atoms with Crippen molar-refractivity contribution >= 4 is 29.1 Å². The van der Waals surface area contributed by atoms with Crippen LogP contribution in [-0.4, -0.2) is 85.3 Å². The fourth-order valence-electron chi connectivity index (χ4n) is 3.59. The molecule has 0 spiro atoms. The van der Waals surface area contributed by atoms with Crippen LogP contribution in [0, 0.1) is 5.92 Å². The van der Waals surface area contributed by atoms with Crippen LogP contribution in [0.5, 0.6) is 0 Å². The summed E-state index contributed by atoms with van der Waals surface area (Å²) in [6.07, 6.45) is 1.70. The summed E-state index contributed by atoms with van der Waals surface area (Å²) >= 11 is 1.44. The van der Waals surface area contributed by atoms with Crippen molar-refractivity contribution in [2.75, 3.05) is 52.9 Å². The quantitative estimate of drug-likeness (QED) is 0.828. The standard InChI is InChI=1S/C18H26N4O3S/c1-19-16(23)13-20-7-9-21(10-8-20)17(24)14-4-2-6-22(12-14)18(25)15-5-3-11-26-15/h3,5,11,14H,2,4,6-10,12-13H2,1H3,(H,19,23). The van der Waals surface area contributed by atoms with E-state index in [4.69, 9.17) is 0 Å². The molecule has 7 nitrogen and oxygen atoms in total. The van der Waals surface area contributed by atoms with Crippen LogP contribution in [-0.2, 0) is 9.59 Å². The van der Waals surface area contributed by atoms with Crippen molar-refractivity contribution in [3.05, 3.63) is 22.4 Å². The molecule has 26 heavy (non-hydrogen) atoms. The molecule has 3 heterocycles. The average Bonchev–Trinajstić information content (AvgIpc) is 3.22. The number of carbonyl (C=O) groups is 3. The Labute approximate surface area is 157 Å². The van der Waals surface area contributed by atoms with Gasteiger partial charge >= 0.3 is 0 Å². The molecule has 142 valence electrons. The van der Waals surface area contributed by atoms with Crippen molar-refractivity contribution in [3.63, 3.8) is 0 Å². The van der Waals surface area contributed by atoms with Crippen LogP contribution in [0.4, 0.5) is 0 Å². The second-order valence-electron chi connectivity index (χ2n) is 6.84. The molecule has 1 aromatic heterocycles. The molecule has 2 aliphatic heterocycles. The number of hydrogen-bond acceptors (Lipinski definition) is 5. The van der Waals surface area contributed by atoms with Gasteiger partial charge in [0.05, 0.1) is 17.3 Å². The van der Waals surface area contributed by atoms with Crippen molar-refractivity contribution in [1.82, 2.24) is 20.0 Å². The number of carbonyl (C=O) groups excluding carboxylic acids is 3. The molecule has 0 bridgehead atoms. The first-order valence-electron chi connectivity index (χ1n) is 9.13. The lowest BCUT2D eigenvalue weighted by molar-refractivity contribution is -0.138. The molecule has 2 saturated heterocycles. The second kappa shape index (κ2) is 8.64. The number of hydrogen-bond donors (Lipinski definition) is 1. The highest BCUT2D eigenvalue weighted by Crippen LogP contribution is 2.22. The van der Waals surface area contributed by atoms with Gasteiger partial charge in [-0.1, -0.05) is 6.07 Å². The summed E-state index contributed by atoms with van der Waals surface area (Å²) < 4.78 is 0. The number of piperazine rings is 1. The minimum Gasteiger partial charge on any atom is -0.358 e. The van der Waals surface area contributed by atoms with E-state index >= 15 is 0 Å². The Bertz CT molecular complexity index is 641. The number of nitrogens with one attached hydrogen (secondary N) is 1. The van der Waals surface area contributed by atoms with Gasteiger partial charge in [0.25, 0.3) is 5.91 Å². The molecule has 0 aromatic carbocycles. The minimum absolute atomic E-state index is 0.000196. The van der Waals surface area contributed by atoms with Gasteiger partial charge in [0, 0.05) is 46.3 Å². The Balaban J connectivity index is 1.52. The molecule has 2 fully saturated rings. The lowest BCUT2D eigenvalue weighted by atomic mass is 9.96. The van der Waals surface area contributed by atoms with Crippen molar-refractivity contribution in [2.24, 2.45) is 5.92 Å². The number of likely N-dealkylation sites (N-methyl/N-ethyl adjacent to an activating group) is 1. The normalized spacial score (nSPS) is 21.5. The van der Waals surface area contributed by atoms with Crippen LogP contribution in [0.15, 0.2) is 17.5 Å². The van der Waals surface area contributed by atoms with Crippen molar-refractivity contribution in [3.8, 4) is 0 Å². The van der Waals surface area contributed by atoms with Gasteiger partial charge in [-0.25, -0.2) is 0 Å². The Morgan fingerprint density at radius 1 is 1.15 bits per heavy atom. The molecular formula is C18H26N4O3S. The van der Waals surface area contributed by atoms with E-state index in [0.29, 0.717) is 39.3 Å².